The van der Waals surface area contributed by atoms with Gasteiger partial charge >= 0.3 is 12.0 Å². The summed E-state index contributed by atoms with van der Waals surface area (Å²) in [5.74, 6) is -3.85. The molecule has 2 unspecified atom stereocenters. The molecule has 2 saturated heterocycles. The highest BCUT2D eigenvalue weighted by Crippen LogP contribution is 2.24. The third-order valence-electron chi connectivity index (χ3n) is 6.21. The van der Waals surface area contributed by atoms with Crippen LogP contribution in [0.2, 0.25) is 0 Å². The van der Waals surface area contributed by atoms with Crippen molar-refractivity contribution >= 4 is 47.3 Å². The number of thioether (sulfide) groups is 1. The number of hydrogen-bond acceptors (Lipinski definition) is 9. The Kier molecular flexibility index (Phi) is 9.27. The quantitative estimate of drug-likeness (QED) is 0.269. The Balaban J connectivity index is 1.50. The van der Waals surface area contributed by atoms with Crippen molar-refractivity contribution in [3.05, 3.63) is 54.4 Å². The lowest BCUT2D eigenvalue weighted by Gasteiger charge is -2.43. The molecule has 0 spiro atoms. The minimum atomic E-state index is -1.39. The molecule has 0 radical (unpaired) electrons. The molecular weight excluding hydrogens is 542 g/mol. The van der Waals surface area contributed by atoms with Gasteiger partial charge in [0.15, 0.2) is 10.9 Å². The minimum absolute atomic E-state index is 0.0927. The number of carbonyl (C=O) groups is 6. The first kappa shape index (κ1) is 28.5. The summed E-state index contributed by atoms with van der Waals surface area (Å²) in [4.78, 5) is 84.9. The zero-order valence-corrected chi connectivity index (χ0v) is 22.1. The molecule has 1 aromatic carbocycles. The number of fused-ring (bicyclic) bond motifs is 1. The molecule has 2 aliphatic heterocycles. The molecule has 5 amide bonds. The largest absolute Gasteiger partial charge is 0.481 e. The molecule has 2 fully saturated rings. The molecule has 2 atom stereocenters. The van der Waals surface area contributed by atoms with Gasteiger partial charge in [-0.2, -0.15) is 0 Å². The van der Waals surface area contributed by atoms with E-state index in [1.807, 2.05) is 0 Å². The van der Waals surface area contributed by atoms with Crippen LogP contribution in [0.3, 0.4) is 0 Å². The fourth-order valence-corrected chi connectivity index (χ4v) is 5.02. The van der Waals surface area contributed by atoms with E-state index in [2.05, 4.69) is 20.7 Å². The summed E-state index contributed by atoms with van der Waals surface area (Å²) in [6.07, 6.45) is 2.77. The number of aromatic nitrogens is 2. The number of nitrogens with zero attached hydrogens (tertiary/aromatic N) is 5. The predicted molar refractivity (Wildman–Crippen MR) is 139 cm³/mol. The van der Waals surface area contributed by atoms with Crippen LogP contribution < -0.4 is 10.7 Å². The van der Waals surface area contributed by atoms with Crippen LogP contribution in [0.15, 0.2) is 53.9 Å². The maximum atomic E-state index is 13.5. The second-order valence-corrected chi connectivity index (χ2v) is 9.90. The summed E-state index contributed by atoms with van der Waals surface area (Å²) in [6.45, 7) is 0.0660. The minimum Gasteiger partial charge on any atom is -0.481 e. The van der Waals surface area contributed by atoms with Gasteiger partial charge in [-0.15, -0.1) is 0 Å². The van der Waals surface area contributed by atoms with E-state index < -0.39 is 54.0 Å². The Morgan fingerprint density at radius 3 is 2.48 bits per heavy atom. The summed E-state index contributed by atoms with van der Waals surface area (Å²) in [6, 6.07) is 6.39. The number of amides is 5. The number of carboxylic acids is 1. The molecule has 0 bridgehead atoms. The molecule has 14 nitrogen and oxygen atoms in total. The van der Waals surface area contributed by atoms with Crippen molar-refractivity contribution in [2.24, 2.45) is 0 Å². The number of carbonyl (C=O) groups excluding carboxylic acids is 5. The van der Waals surface area contributed by atoms with Gasteiger partial charge in [0, 0.05) is 30.9 Å². The highest BCUT2D eigenvalue weighted by Gasteiger charge is 2.44. The Bertz CT molecular complexity index is 1280. The first-order valence-corrected chi connectivity index (χ1v) is 13.4. The molecule has 210 valence electrons. The van der Waals surface area contributed by atoms with Crippen LogP contribution in [0.4, 0.5) is 4.79 Å². The molecule has 40 heavy (non-hydrogen) atoms. The van der Waals surface area contributed by atoms with E-state index in [0.717, 1.165) is 21.8 Å². The van der Waals surface area contributed by atoms with E-state index >= 15 is 0 Å². The van der Waals surface area contributed by atoms with Crippen molar-refractivity contribution in [2.75, 3.05) is 18.8 Å². The molecule has 15 heteroatoms. The Morgan fingerprint density at radius 1 is 1.05 bits per heavy atom. The molecule has 0 aliphatic carbocycles. The van der Waals surface area contributed by atoms with Crippen molar-refractivity contribution < 1.29 is 33.9 Å². The van der Waals surface area contributed by atoms with E-state index in [9.17, 15) is 33.9 Å². The Morgan fingerprint density at radius 2 is 1.77 bits per heavy atom. The van der Waals surface area contributed by atoms with Gasteiger partial charge in [-0.25, -0.2) is 29.8 Å². The molecular formula is C25H27N7O7S. The van der Waals surface area contributed by atoms with Gasteiger partial charge in [-0.3, -0.25) is 29.4 Å². The lowest BCUT2D eigenvalue weighted by molar-refractivity contribution is -0.155. The maximum absolute atomic E-state index is 13.5. The number of Topliss-reactive ketones (excluding diaryl/α,β-unsaturated/α-hetero) is 1. The molecule has 2 aromatic rings. The summed E-state index contributed by atoms with van der Waals surface area (Å²) < 4.78 is 0. The standard InChI is InChI=1S/C25H27N7O7S/c33-19(15-40-24-26-10-5-11-27-24)17(14-21(35)36)28-23(38)18-8-4-12-31-20(34)9-13-30(25(39)32(18)31)29-22(37)16-6-2-1-3-7-16/h1-3,5-7,10-11,17-18H,4,8-9,12-15H2,(H,28,38)(H,29,37)(H,35,36). The van der Waals surface area contributed by atoms with Crippen molar-refractivity contribution in [2.45, 2.75) is 42.9 Å². The first-order chi connectivity index (χ1) is 19.2. The average molecular weight is 570 g/mol. The van der Waals surface area contributed by atoms with E-state index in [-0.39, 0.29) is 31.7 Å². The Labute approximate surface area is 233 Å². The van der Waals surface area contributed by atoms with Crippen LogP contribution in [0.1, 0.15) is 36.0 Å². The van der Waals surface area contributed by atoms with Crippen LogP contribution in [0.5, 0.6) is 0 Å². The lowest BCUT2D eigenvalue weighted by Crippen LogP contribution is -2.65. The third kappa shape index (κ3) is 6.91. The van der Waals surface area contributed by atoms with Gasteiger partial charge in [0.25, 0.3) is 5.91 Å². The van der Waals surface area contributed by atoms with E-state index in [0.29, 0.717) is 17.1 Å². The van der Waals surface area contributed by atoms with Crippen molar-refractivity contribution in [3.63, 3.8) is 0 Å². The van der Waals surface area contributed by atoms with Crippen LogP contribution in [0.25, 0.3) is 0 Å². The van der Waals surface area contributed by atoms with Gasteiger partial charge < -0.3 is 10.4 Å². The number of hydrogen-bond donors (Lipinski definition) is 3. The third-order valence-corrected chi connectivity index (χ3v) is 7.11. The van der Waals surface area contributed by atoms with E-state index in [1.54, 1.807) is 36.4 Å². The smallest absolute Gasteiger partial charge is 0.358 e. The number of urea groups is 1. The predicted octanol–water partition coefficient (Wildman–Crippen LogP) is 0.476. The zero-order chi connectivity index (χ0) is 28.6. The highest BCUT2D eigenvalue weighted by atomic mass is 32.2. The number of carboxylic acid groups (broad SMARTS) is 1. The summed E-state index contributed by atoms with van der Waals surface area (Å²) in [5, 5.41) is 15.3. The topological polar surface area (TPSA) is 182 Å². The van der Waals surface area contributed by atoms with Crippen LogP contribution in [-0.4, -0.2) is 96.5 Å². The van der Waals surface area contributed by atoms with Crippen molar-refractivity contribution in [3.8, 4) is 0 Å². The second kappa shape index (κ2) is 13.0. The fourth-order valence-electron chi connectivity index (χ4n) is 4.28. The molecule has 4 rings (SSSR count). The number of aliphatic carboxylic acids is 1. The number of hydrazine groups is 2. The molecule has 3 N–H and O–H groups in total. The summed E-state index contributed by atoms with van der Waals surface area (Å²) >= 11 is 0.992. The monoisotopic (exact) mass is 569 g/mol. The number of benzene rings is 1. The summed E-state index contributed by atoms with van der Waals surface area (Å²) in [5.41, 5.74) is 2.80. The van der Waals surface area contributed by atoms with Gasteiger partial charge in [0.1, 0.15) is 6.04 Å². The lowest BCUT2D eigenvalue weighted by atomic mass is 10.0. The number of ketones is 1. The van der Waals surface area contributed by atoms with Crippen molar-refractivity contribution in [1.29, 1.82) is 0 Å². The molecule has 3 heterocycles. The van der Waals surface area contributed by atoms with Crippen LogP contribution >= 0.6 is 11.8 Å². The number of rotatable bonds is 10. The van der Waals surface area contributed by atoms with Gasteiger partial charge in [0.05, 0.1) is 24.8 Å². The van der Waals surface area contributed by atoms with Gasteiger partial charge in [-0.05, 0) is 31.0 Å². The summed E-state index contributed by atoms with van der Waals surface area (Å²) in [7, 11) is 0. The average Bonchev–Trinajstić information content (AvgIpc) is 3.08. The fraction of sp³-hybridized carbons (Fsp3) is 0.360. The van der Waals surface area contributed by atoms with E-state index in [1.165, 1.54) is 17.4 Å². The van der Waals surface area contributed by atoms with Crippen molar-refractivity contribution in [1.82, 2.24) is 35.7 Å². The zero-order valence-electron chi connectivity index (χ0n) is 21.3. The first-order valence-electron chi connectivity index (χ1n) is 12.5. The second-order valence-electron chi connectivity index (χ2n) is 8.96. The molecule has 1 aromatic heterocycles. The maximum Gasteiger partial charge on any atom is 0.358 e. The van der Waals surface area contributed by atoms with Gasteiger partial charge in [0.2, 0.25) is 11.8 Å². The molecule has 2 aliphatic rings. The van der Waals surface area contributed by atoms with E-state index in [4.69, 9.17) is 0 Å². The Hall–Kier alpha value is -4.53. The number of nitrogens with one attached hydrogen (secondary N) is 2. The van der Waals surface area contributed by atoms with Gasteiger partial charge in [-0.1, -0.05) is 30.0 Å². The highest BCUT2D eigenvalue weighted by molar-refractivity contribution is 7.99. The van der Waals surface area contributed by atoms with Crippen LogP contribution in [-0.2, 0) is 19.2 Å². The SMILES string of the molecule is O=C(O)CC(NC(=O)C1CCCN2C(=O)CCN(NC(=O)c3ccccc3)C(=O)N12)C(=O)CSc1ncccn1. The normalized spacial score (nSPS) is 17.9. The van der Waals surface area contributed by atoms with Crippen LogP contribution in [0, 0.1) is 0 Å². The molecule has 0 saturated carbocycles.